The molecule has 2 radical (unpaired) electrons. The van der Waals surface area contributed by atoms with E-state index in [4.69, 9.17) is 30.6 Å². The summed E-state index contributed by atoms with van der Waals surface area (Å²) >= 11 is 0. The molecule has 0 aromatic carbocycles. The van der Waals surface area contributed by atoms with Gasteiger partial charge in [0.2, 0.25) is 0 Å². The third kappa shape index (κ3) is 99.7. The van der Waals surface area contributed by atoms with E-state index in [9.17, 15) is 0 Å². The maximum atomic E-state index is 8.24. The normalized spacial score (nSPS) is 2.40. The van der Waals surface area contributed by atoms with Gasteiger partial charge in [0.25, 0.3) is 0 Å². The van der Waals surface area contributed by atoms with Gasteiger partial charge in [-0.1, -0.05) is 0 Å². The molecule has 0 spiro atoms. The molecule has 0 amide bonds. The van der Waals surface area contributed by atoms with Crippen molar-refractivity contribution in [3.8, 4) is 0 Å². The standard InChI is InChI=1S/3CNO.P/c3*2-1-3;/q3*-1;+3. The zero-order chi connectivity index (χ0) is 8.12. The Labute approximate surface area is 59.8 Å². The van der Waals surface area contributed by atoms with E-state index in [1.807, 2.05) is 0 Å². The van der Waals surface area contributed by atoms with Crippen molar-refractivity contribution in [3.63, 3.8) is 0 Å². The first kappa shape index (κ1) is 23.5. The van der Waals surface area contributed by atoms with Crippen molar-refractivity contribution in [2.24, 2.45) is 0 Å². The second-order valence-electron chi connectivity index (χ2n) is 0.274. The molecule has 0 rings (SSSR count). The maximum Gasteiger partial charge on any atom is 3.00 e. The molecule has 50 valence electrons. The maximum absolute atomic E-state index is 8.24. The van der Waals surface area contributed by atoms with Crippen LogP contribution in [0.1, 0.15) is 0 Å². The van der Waals surface area contributed by atoms with Crippen molar-refractivity contribution in [2.45, 2.75) is 0 Å². The van der Waals surface area contributed by atoms with Crippen LogP contribution in [0.5, 0.6) is 0 Å². The first-order valence-electron chi connectivity index (χ1n) is 1.28. The smallest absolute Gasteiger partial charge is 0.724 e. The van der Waals surface area contributed by atoms with Crippen LogP contribution >= 0.6 is 9.90 Å². The Morgan fingerprint density at radius 2 is 0.700 bits per heavy atom. The van der Waals surface area contributed by atoms with Crippen LogP contribution in [0.2, 0.25) is 0 Å². The van der Waals surface area contributed by atoms with Crippen LogP contribution < -0.4 is 0 Å². The molecule has 7 heteroatoms. The molecule has 0 N–H and O–H groups in total. The molecule has 0 aromatic rings. The van der Waals surface area contributed by atoms with Crippen LogP contribution in [-0.4, -0.2) is 18.2 Å². The van der Waals surface area contributed by atoms with Gasteiger partial charge >= 0.3 is 9.90 Å². The van der Waals surface area contributed by atoms with Gasteiger partial charge in [-0.2, -0.15) is 0 Å². The number of rotatable bonds is 0. The molecule has 0 unspecified atom stereocenters. The first-order valence-corrected chi connectivity index (χ1v) is 1.28. The molecule has 10 heavy (non-hydrogen) atoms. The van der Waals surface area contributed by atoms with Gasteiger partial charge in [-0.15, -0.1) is 0 Å². The molecule has 0 bridgehead atoms. The van der Waals surface area contributed by atoms with Gasteiger partial charge in [0, 0.05) is 0 Å². The minimum Gasteiger partial charge on any atom is -0.724 e. The summed E-state index contributed by atoms with van der Waals surface area (Å²) in [5.74, 6) is 0. The van der Waals surface area contributed by atoms with Crippen LogP contribution in [0.25, 0.3) is 16.2 Å². The Bertz CT molecular complexity index is 111. The second-order valence-corrected chi connectivity index (χ2v) is 0.274. The molecular weight excluding hydrogens is 157 g/mol. The van der Waals surface area contributed by atoms with E-state index in [1.165, 1.54) is 0 Å². The summed E-state index contributed by atoms with van der Waals surface area (Å²) in [5, 5.41) is 20.3. The van der Waals surface area contributed by atoms with Gasteiger partial charge in [-0.05, 0) is 18.2 Å². The van der Waals surface area contributed by atoms with E-state index in [1.54, 1.807) is 0 Å². The van der Waals surface area contributed by atoms with Gasteiger partial charge in [0.05, 0.1) is 0 Å². The fourth-order valence-electron chi connectivity index (χ4n) is 0. The quantitative estimate of drug-likeness (QED) is 0.289. The molecule has 0 fully saturated rings. The van der Waals surface area contributed by atoms with Crippen molar-refractivity contribution in [2.75, 3.05) is 0 Å². The minimum absolute atomic E-state index is 0. The molecule has 0 heterocycles. The fraction of sp³-hybridized carbons (Fsp3) is 0. The Balaban J connectivity index is -0.0000000257. The van der Waals surface area contributed by atoms with Crippen LogP contribution in [0.4, 0.5) is 0 Å². The number of hydrogen-bond acceptors (Lipinski definition) is 3. The Hall–Kier alpha value is -1.43. The molecule has 6 nitrogen and oxygen atoms in total. The Morgan fingerprint density at radius 1 is 0.700 bits per heavy atom. The summed E-state index contributed by atoms with van der Waals surface area (Å²) < 4.78 is 0. The van der Waals surface area contributed by atoms with Crippen LogP contribution in [0.3, 0.4) is 0 Å². The Morgan fingerprint density at radius 3 is 0.700 bits per heavy atom. The summed E-state index contributed by atoms with van der Waals surface area (Å²) in [6, 6.07) is 0. The molecule has 0 aliphatic carbocycles. The van der Waals surface area contributed by atoms with E-state index >= 15 is 0 Å². The average molecular weight is 157 g/mol. The van der Waals surface area contributed by atoms with Crippen molar-refractivity contribution in [3.05, 3.63) is 16.2 Å². The van der Waals surface area contributed by atoms with Gasteiger partial charge in [-0.25, -0.2) is 0 Å². The van der Waals surface area contributed by atoms with Crippen molar-refractivity contribution in [1.82, 2.24) is 0 Å². The monoisotopic (exact) mass is 157 g/mol. The van der Waals surface area contributed by atoms with Crippen molar-refractivity contribution >= 4 is 28.1 Å². The molecule has 0 aliphatic heterocycles. The van der Waals surface area contributed by atoms with E-state index in [2.05, 4.69) is 0 Å². The number of nitrogens with zero attached hydrogens (tertiary/aromatic N) is 3. The molecule has 0 saturated carbocycles. The predicted octanol–water partition coefficient (Wildman–Crippen LogP) is 0.536. The zero-order valence-electron chi connectivity index (χ0n) is 4.51. The second kappa shape index (κ2) is 133. The summed E-state index contributed by atoms with van der Waals surface area (Å²) in [7, 11) is 0. The van der Waals surface area contributed by atoms with E-state index in [-0.39, 0.29) is 9.90 Å². The minimum atomic E-state index is 0. The van der Waals surface area contributed by atoms with Gasteiger partial charge in [0.1, 0.15) is 0 Å². The van der Waals surface area contributed by atoms with Gasteiger partial charge in [-0.3, -0.25) is 14.4 Å². The topological polar surface area (TPSA) is 118 Å². The molecule has 0 aliphatic rings. The first-order chi connectivity index (χ1) is 4.24. The van der Waals surface area contributed by atoms with E-state index < -0.39 is 0 Å². The molecular formula is C3N3O3P. The third-order valence-corrected chi connectivity index (χ3v) is 0. The molecule has 0 saturated heterocycles. The summed E-state index contributed by atoms with van der Waals surface area (Å²) in [6.07, 6.45) is 1.50. The fourth-order valence-corrected chi connectivity index (χ4v) is 0. The predicted molar refractivity (Wildman–Crippen MR) is 34.1 cm³/mol. The summed E-state index contributed by atoms with van der Waals surface area (Å²) in [5.41, 5.74) is 0. The number of hydrogen-bond donors (Lipinski definition) is 0. The van der Waals surface area contributed by atoms with E-state index in [0.717, 1.165) is 0 Å². The van der Waals surface area contributed by atoms with Crippen LogP contribution in [0, 0.1) is 0 Å². The summed E-state index contributed by atoms with van der Waals surface area (Å²) in [6.45, 7) is 0. The van der Waals surface area contributed by atoms with Gasteiger partial charge < -0.3 is 16.2 Å². The third-order valence-electron chi connectivity index (χ3n) is 0. The number of isocyanates is 3. The Kier molecular flexibility index (Phi) is 312. The summed E-state index contributed by atoms with van der Waals surface area (Å²) in [4.78, 5) is 24.7. The van der Waals surface area contributed by atoms with E-state index in [0.29, 0.717) is 18.2 Å². The molecule has 0 atom stereocenters. The largest absolute Gasteiger partial charge is 3.00 e. The molecule has 0 aromatic heterocycles. The van der Waals surface area contributed by atoms with Gasteiger partial charge in [0.15, 0.2) is 0 Å². The van der Waals surface area contributed by atoms with Crippen LogP contribution in [-0.2, 0) is 14.4 Å². The number of carbonyl (C=O) groups excluding carboxylic acids is 3. The van der Waals surface area contributed by atoms with Crippen molar-refractivity contribution in [1.29, 1.82) is 0 Å². The SMILES string of the molecule is [N-]=C=O.[N-]=C=O.[N-]=C=O.[P+3]. The average Bonchev–Trinajstić information content (AvgIpc) is 1.70. The zero-order valence-corrected chi connectivity index (χ0v) is 5.41. The van der Waals surface area contributed by atoms with Crippen LogP contribution in [0.15, 0.2) is 0 Å². The van der Waals surface area contributed by atoms with Crippen molar-refractivity contribution < 1.29 is 14.4 Å².